The molecule has 2 rings (SSSR count). The normalized spacial score (nSPS) is 12.4. The van der Waals surface area contributed by atoms with Crippen molar-refractivity contribution in [3.8, 4) is 11.5 Å². The zero-order valence-corrected chi connectivity index (χ0v) is 10.2. The number of fused-ring (bicyclic) bond motifs is 1. The summed E-state index contributed by atoms with van der Waals surface area (Å²) in [5, 5.41) is 17.5. The third-order valence-electron chi connectivity index (χ3n) is 2.87. The Balaban J connectivity index is 2.18. The van der Waals surface area contributed by atoms with Crippen LogP contribution in [0.15, 0.2) is 12.1 Å². The second-order valence-corrected chi connectivity index (χ2v) is 4.29. The summed E-state index contributed by atoms with van der Waals surface area (Å²) in [6.45, 7) is 0.125. The largest absolute Gasteiger partial charge is 0.481 e. The quantitative estimate of drug-likeness (QED) is 0.809. The van der Waals surface area contributed by atoms with Gasteiger partial charge in [-0.3, -0.25) is 9.59 Å². The van der Waals surface area contributed by atoms with E-state index in [1.807, 2.05) is 0 Å². The predicted molar refractivity (Wildman–Crippen MR) is 64.5 cm³/mol. The topological polar surface area (TPSA) is 93.1 Å². The summed E-state index contributed by atoms with van der Waals surface area (Å²) in [6, 6.07) is 3.40. The number of benzene rings is 1. The van der Waals surface area contributed by atoms with Crippen LogP contribution in [0.5, 0.6) is 11.5 Å². The van der Waals surface area contributed by atoms with Crippen LogP contribution >= 0.6 is 0 Å². The van der Waals surface area contributed by atoms with Crippen molar-refractivity contribution in [1.29, 1.82) is 0 Å². The van der Waals surface area contributed by atoms with Gasteiger partial charge in [-0.15, -0.1) is 0 Å². The Morgan fingerprint density at radius 1 is 1.05 bits per heavy atom. The van der Waals surface area contributed by atoms with Crippen molar-refractivity contribution in [2.75, 3.05) is 6.79 Å². The molecular weight excluding hydrogens is 252 g/mol. The molecule has 0 amide bonds. The Hall–Kier alpha value is -2.24. The van der Waals surface area contributed by atoms with Gasteiger partial charge < -0.3 is 19.7 Å². The predicted octanol–water partition coefficient (Wildman–Crippen LogP) is 1.45. The highest BCUT2D eigenvalue weighted by molar-refractivity contribution is 5.71. The number of hydrogen-bond acceptors (Lipinski definition) is 4. The van der Waals surface area contributed by atoms with E-state index < -0.39 is 11.9 Å². The first-order valence-corrected chi connectivity index (χ1v) is 5.91. The van der Waals surface area contributed by atoms with Crippen LogP contribution in [0.25, 0.3) is 0 Å². The van der Waals surface area contributed by atoms with E-state index >= 15 is 0 Å². The summed E-state index contributed by atoms with van der Waals surface area (Å²) in [7, 11) is 0. The van der Waals surface area contributed by atoms with Crippen molar-refractivity contribution >= 4 is 11.9 Å². The minimum Gasteiger partial charge on any atom is -0.481 e. The number of aryl methyl sites for hydroxylation is 1. The van der Waals surface area contributed by atoms with E-state index in [2.05, 4.69) is 0 Å². The van der Waals surface area contributed by atoms with Gasteiger partial charge >= 0.3 is 11.9 Å². The van der Waals surface area contributed by atoms with Crippen molar-refractivity contribution < 1.29 is 29.3 Å². The molecule has 0 aromatic heterocycles. The number of aliphatic carboxylic acids is 2. The summed E-state index contributed by atoms with van der Waals surface area (Å²) < 4.78 is 10.4. The highest BCUT2D eigenvalue weighted by atomic mass is 16.7. The number of rotatable bonds is 6. The molecule has 0 fully saturated rings. The van der Waals surface area contributed by atoms with E-state index in [0.29, 0.717) is 29.9 Å². The molecule has 0 spiro atoms. The molecule has 0 atom stereocenters. The van der Waals surface area contributed by atoms with E-state index in [0.717, 1.165) is 5.56 Å². The monoisotopic (exact) mass is 266 g/mol. The van der Waals surface area contributed by atoms with Crippen LogP contribution in [0, 0.1) is 0 Å². The average molecular weight is 266 g/mol. The molecular formula is C13H14O6. The number of carboxylic acid groups (broad SMARTS) is 2. The maximum atomic E-state index is 10.8. The maximum absolute atomic E-state index is 10.8. The first-order chi connectivity index (χ1) is 9.06. The van der Waals surface area contributed by atoms with Crippen molar-refractivity contribution in [2.45, 2.75) is 25.7 Å². The van der Waals surface area contributed by atoms with E-state index in [1.165, 1.54) is 0 Å². The smallest absolute Gasteiger partial charge is 0.307 e. The summed E-state index contributed by atoms with van der Waals surface area (Å²) in [5.41, 5.74) is 1.44. The third-order valence-corrected chi connectivity index (χ3v) is 2.87. The Morgan fingerprint density at radius 3 is 2.26 bits per heavy atom. The van der Waals surface area contributed by atoms with Crippen LogP contribution in [-0.4, -0.2) is 28.9 Å². The van der Waals surface area contributed by atoms with Crippen LogP contribution in [0.4, 0.5) is 0 Å². The fraction of sp³-hybridized carbons (Fsp3) is 0.385. The van der Waals surface area contributed by atoms with Gasteiger partial charge in [0, 0.05) is 6.42 Å². The molecule has 0 saturated heterocycles. The minimum absolute atomic E-state index is 0.0565. The molecule has 1 aromatic carbocycles. The molecule has 0 unspecified atom stereocenters. The molecule has 0 saturated carbocycles. The second kappa shape index (κ2) is 5.60. The van der Waals surface area contributed by atoms with Crippen LogP contribution in [0.1, 0.15) is 24.0 Å². The van der Waals surface area contributed by atoms with Crippen LogP contribution in [-0.2, 0) is 22.4 Å². The lowest BCUT2D eigenvalue weighted by Gasteiger charge is -2.09. The van der Waals surface area contributed by atoms with E-state index in [-0.39, 0.29) is 19.6 Å². The van der Waals surface area contributed by atoms with E-state index in [1.54, 1.807) is 12.1 Å². The molecule has 102 valence electrons. The summed E-state index contributed by atoms with van der Waals surface area (Å²) >= 11 is 0. The number of hydrogen-bond donors (Lipinski definition) is 2. The Morgan fingerprint density at radius 2 is 1.68 bits per heavy atom. The molecule has 0 aliphatic carbocycles. The van der Waals surface area contributed by atoms with Gasteiger partial charge in [-0.05, 0) is 36.1 Å². The summed E-state index contributed by atoms with van der Waals surface area (Å²) in [4.78, 5) is 21.3. The van der Waals surface area contributed by atoms with E-state index in [4.69, 9.17) is 19.7 Å². The molecule has 1 aliphatic rings. The fourth-order valence-electron chi connectivity index (χ4n) is 2.02. The average Bonchev–Trinajstić information content (AvgIpc) is 2.75. The molecule has 19 heavy (non-hydrogen) atoms. The molecule has 1 aliphatic heterocycles. The first-order valence-electron chi connectivity index (χ1n) is 5.91. The van der Waals surface area contributed by atoms with Crippen molar-refractivity contribution in [3.05, 3.63) is 23.3 Å². The van der Waals surface area contributed by atoms with Crippen LogP contribution in [0.3, 0.4) is 0 Å². The first kappa shape index (κ1) is 13.2. The van der Waals surface area contributed by atoms with Crippen LogP contribution < -0.4 is 9.47 Å². The van der Waals surface area contributed by atoms with Gasteiger partial charge in [0.15, 0.2) is 11.5 Å². The number of carboxylic acids is 2. The highest BCUT2D eigenvalue weighted by Crippen LogP contribution is 2.35. The van der Waals surface area contributed by atoms with Gasteiger partial charge in [-0.2, -0.15) is 0 Å². The lowest BCUT2D eigenvalue weighted by molar-refractivity contribution is -0.137. The molecule has 0 bridgehead atoms. The SMILES string of the molecule is O=C(O)CCCc1cc2c(cc1CC(=O)O)OCO2. The standard InChI is InChI=1S/C13H14O6/c14-12(15)3-1-2-8-4-10-11(19-7-18-10)5-9(8)6-13(16)17/h4-5H,1-3,6-7H2,(H,14,15)(H,16,17). The molecule has 1 aromatic rings. The highest BCUT2D eigenvalue weighted by Gasteiger charge is 2.18. The zero-order chi connectivity index (χ0) is 13.8. The summed E-state index contributed by atoms with van der Waals surface area (Å²) in [6.07, 6.45) is 0.910. The second-order valence-electron chi connectivity index (χ2n) is 4.29. The van der Waals surface area contributed by atoms with Gasteiger partial charge in [0.05, 0.1) is 6.42 Å². The maximum Gasteiger partial charge on any atom is 0.307 e. The van der Waals surface area contributed by atoms with Crippen LogP contribution in [0.2, 0.25) is 0 Å². The molecule has 0 radical (unpaired) electrons. The molecule has 1 heterocycles. The van der Waals surface area contributed by atoms with Gasteiger partial charge in [0.1, 0.15) is 0 Å². The molecule has 6 heteroatoms. The molecule has 2 N–H and O–H groups in total. The number of carbonyl (C=O) groups is 2. The molecule has 6 nitrogen and oxygen atoms in total. The third kappa shape index (κ3) is 3.37. The lowest BCUT2D eigenvalue weighted by Crippen LogP contribution is -2.05. The van der Waals surface area contributed by atoms with Crippen molar-refractivity contribution in [1.82, 2.24) is 0 Å². The zero-order valence-electron chi connectivity index (χ0n) is 10.2. The lowest BCUT2D eigenvalue weighted by atomic mass is 9.98. The van der Waals surface area contributed by atoms with Gasteiger partial charge in [-0.25, -0.2) is 0 Å². The Labute approximate surface area is 109 Å². The fourth-order valence-corrected chi connectivity index (χ4v) is 2.02. The van der Waals surface area contributed by atoms with Crippen molar-refractivity contribution in [3.63, 3.8) is 0 Å². The van der Waals surface area contributed by atoms with Gasteiger partial charge in [0.2, 0.25) is 6.79 Å². The summed E-state index contributed by atoms with van der Waals surface area (Å²) in [5.74, 6) is -0.670. The van der Waals surface area contributed by atoms with Gasteiger partial charge in [0.25, 0.3) is 0 Å². The van der Waals surface area contributed by atoms with E-state index in [9.17, 15) is 9.59 Å². The Kier molecular flexibility index (Phi) is 3.89. The minimum atomic E-state index is -0.932. The Bertz CT molecular complexity index is 508. The number of ether oxygens (including phenoxy) is 2. The van der Waals surface area contributed by atoms with Gasteiger partial charge in [-0.1, -0.05) is 0 Å². The van der Waals surface area contributed by atoms with Crippen molar-refractivity contribution in [2.24, 2.45) is 0 Å².